The first-order chi connectivity index (χ1) is 11.6. The van der Waals surface area contributed by atoms with Crippen molar-refractivity contribution in [2.45, 2.75) is 5.03 Å². The smallest absolute Gasteiger partial charge is 0.267 e. The minimum atomic E-state index is -0.341. The Hall–Kier alpha value is -1.96. The number of thiol groups is 1. The summed E-state index contributed by atoms with van der Waals surface area (Å²) in [7, 11) is 0. The molecule has 0 N–H and O–H groups in total. The predicted molar refractivity (Wildman–Crippen MR) is 99.6 cm³/mol. The molecule has 1 amide bonds. The SMILES string of the molecule is O=C1N=c2ccccc2=C1c1sc(=O)n(-c2ccccc2Br)c1S. The molecule has 0 fully saturated rings. The zero-order chi connectivity index (χ0) is 16.8. The lowest BCUT2D eigenvalue weighted by Crippen LogP contribution is -2.22. The Bertz CT molecular complexity index is 1180. The molecule has 4 rings (SSSR count). The molecular weight excluding hydrogens is 408 g/mol. The predicted octanol–water partition coefficient (Wildman–Crippen LogP) is 2.31. The van der Waals surface area contributed by atoms with Gasteiger partial charge in [0, 0.05) is 9.69 Å². The summed E-state index contributed by atoms with van der Waals surface area (Å²) >= 11 is 8.99. The first-order valence-corrected chi connectivity index (χ1v) is 9.06. The molecule has 0 radical (unpaired) electrons. The topological polar surface area (TPSA) is 51.4 Å². The van der Waals surface area contributed by atoms with Crippen molar-refractivity contribution in [1.82, 2.24) is 4.57 Å². The highest BCUT2D eigenvalue weighted by molar-refractivity contribution is 9.10. The highest BCUT2D eigenvalue weighted by Crippen LogP contribution is 2.30. The molecule has 0 atom stereocenters. The summed E-state index contributed by atoms with van der Waals surface area (Å²) in [4.78, 5) is 29.3. The molecule has 0 bridgehead atoms. The third kappa shape index (κ3) is 2.31. The molecule has 2 heterocycles. The second-order valence-electron chi connectivity index (χ2n) is 5.12. The van der Waals surface area contributed by atoms with E-state index in [-0.39, 0.29) is 10.8 Å². The highest BCUT2D eigenvalue weighted by atomic mass is 79.9. The van der Waals surface area contributed by atoms with Gasteiger partial charge in [0.15, 0.2) is 0 Å². The Morgan fingerprint density at radius 3 is 2.54 bits per heavy atom. The third-order valence-electron chi connectivity index (χ3n) is 3.72. The van der Waals surface area contributed by atoms with Crippen molar-refractivity contribution in [2.75, 3.05) is 0 Å². The van der Waals surface area contributed by atoms with E-state index in [1.54, 1.807) is 6.07 Å². The number of rotatable bonds is 2. The van der Waals surface area contributed by atoms with Gasteiger partial charge in [-0.25, -0.2) is 4.99 Å². The van der Waals surface area contributed by atoms with Crippen molar-refractivity contribution in [3.63, 3.8) is 0 Å². The van der Waals surface area contributed by atoms with Gasteiger partial charge in [-0.2, -0.15) is 0 Å². The van der Waals surface area contributed by atoms with Crippen LogP contribution in [0.4, 0.5) is 0 Å². The first kappa shape index (κ1) is 15.6. The Balaban J connectivity index is 2.04. The largest absolute Gasteiger partial charge is 0.313 e. The van der Waals surface area contributed by atoms with Crippen LogP contribution in [0.3, 0.4) is 0 Å². The van der Waals surface area contributed by atoms with Crippen molar-refractivity contribution in [2.24, 2.45) is 4.99 Å². The lowest BCUT2D eigenvalue weighted by atomic mass is 10.1. The van der Waals surface area contributed by atoms with Crippen LogP contribution in [0.25, 0.3) is 11.3 Å². The summed E-state index contributed by atoms with van der Waals surface area (Å²) in [5.41, 5.74) is 1.12. The first-order valence-electron chi connectivity index (χ1n) is 7.00. The van der Waals surface area contributed by atoms with Gasteiger partial charge < -0.3 is 0 Å². The maximum Gasteiger partial charge on any atom is 0.313 e. The molecule has 24 heavy (non-hydrogen) atoms. The van der Waals surface area contributed by atoms with Gasteiger partial charge in [-0.05, 0) is 34.1 Å². The van der Waals surface area contributed by atoms with E-state index in [2.05, 4.69) is 33.6 Å². The zero-order valence-corrected chi connectivity index (χ0v) is 15.4. The number of hydrogen-bond acceptors (Lipinski definition) is 4. The summed E-state index contributed by atoms with van der Waals surface area (Å²) in [5, 5.41) is 1.80. The van der Waals surface area contributed by atoms with Crippen LogP contribution in [0.1, 0.15) is 4.88 Å². The number of halogens is 1. The highest BCUT2D eigenvalue weighted by Gasteiger charge is 2.25. The van der Waals surface area contributed by atoms with E-state index in [9.17, 15) is 9.59 Å². The van der Waals surface area contributed by atoms with Gasteiger partial charge in [0.1, 0.15) is 0 Å². The standard InChI is InChI=1S/C17H9BrN2O2S2/c18-10-6-2-4-8-12(10)20-16(23)14(24-17(20)22)13-9-5-1-3-7-11(9)19-15(13)21/h1-8,23H. The molecule has 0 saturated carbocycles. The van der Waals surface area contributed by atoms with Crippen LogP contribution in [-0.2, 0) is 4.79 Å². The Kier molecular flexibility index (Phi) is 3.79. The molecule has 0 saturated heterocycles. The number of carbonyl (C=O) groups is 1. The van der Waals surface area contributed by atoms with Crippen LogP contribution in [0.2, 0.25) is 0 Å². The number of benzene rings is 2. The van der Waals surface area contributed by atoms with Crippen LogP contribution >= 0.6 is 39.9 Å². The third-order valence-corrected chi connectivity index (χ3v) is 5.92. The van der Waals surface area contributed by atoms with Crippen molar-refractivity contribution in [3.05, 3.63) is 78.1 Å². The Morgan fingerprint density at radius 1 is 1.04 bits per heavy atom. The number of amides is 1. The monoisotopic (exact) mass is 416 g/mol. The number of thiazole rings is 1. The van der Waals surface area contributed by atoms with Crippen LogP contribution in [0.5, 0.6) is 0 Å². The number of fused-ring (bicyclic) bond motifs is 1. The fourth-order valence-corrected chi connectivity index (χ4v) is 4.57. The summed E-state index contributed by atoms with van der Waals surface area (Å²) in [5.74, 6) is -0.341. The fraction of sp³-hybridized carbons (Fsp3) is 0. The second kappa shape index (κ2) is 5.84. The minimum Gasteiger partial charge on any atom is -0.267 e. The number of aromatic nitrogens is 1. The van der Waals surface area contributed by atoms with E-state index in [1.807, 2.05) is 42.5 Å². The van der Waals surface area contributed by atoms with Gasteiger partial charge in [0.05, 0.1) is 26.5 Å². The van der Waals surface area contributed by atoms with E-state index >= 15 is 0 Å². The van der Waals surface area contributed by atoms with Gasteiger partial charge in [0.2, 0.25) is 0 Å². The summed E-state index contributed by atoms with van der Waals surface area (Å²) in [6, 6.07) is 14.7. The number of nitrogens with zero attached hydrogens (tertiary/aromatic N) is 2. The van der Waals surface area contributed by atoms with E-state index in [4.69, 9.17) is 0 Å². The molecule has 0 aliphatic carbocycles. The second-order valence-corrected chi connectivity index (χ2v) is 7.36. The molecule has 1 aliphatic heterocycles. The van der Waals surface area contributed by atoms with Crippen molar-refractivity contribution in [1.29, 1.82) is 0 Å². The summed E-state index contributed by atoms with van der Waals surface area (Å²) < 4.78 is 2.27. The molecule has 7 heteroatoms. The van der Waals surface area contributed by atoms with Gasteiger partial charge in [-0.3, -0.25) is 14.2 Å². The van der Waals surface area contributed by atoms with Gasteiger partial charge in [-0.1, -0.05) is 41.7 Å². The summed E-state index contributed by atoms with van der Waals surface area (Å²) in [6.45, 7) is 0. The maximum absolute atomic E-state index is 12.5. The molecule has 0 spiro atoms. The molecule has 4 nitrogen and oxygen atoms in total. The van der Waals surface area contributed by atoms with Crippen LogP contribution in [0.15, 0.2) is 67.8 Å². The Labute approximate surface area is 154 Å². The number of carbonyl (C=O) groups excluding carboxylic acids is 1. The van der Waals surface area contributed by atoms with Gasteiger partial charge in [0.25, 0.3) is 5.91 Å². The minimum absolute atomic E-state index is 0.202. The van der Waals surface area contributed by atoms with Crippen molar-refractivity contribution < 1.29 is 4.79 Å². The lowest BCUT2D eigenvalue weighted by Gasteiger charge is -2.07. The molecule has 118 valence electrons. The van der Waals surface area contributed by atoms with Crippen molar-refractivity contribution >= 4 is 51.4 Å². The quantitative estimate of drug-likeness (QED) is 0.651. The molecular formula is C17H9BrN2O2S2. The number of hydrogen-bond donors (Lipinski definition) is 1. The molecule has 1 aromatic heterocycles. The van der Waals surface area contributed by atoms with E-state index in [0.29, 0.717) is 26.5 Å². The van der Waals surface area contributed by atoms with Crippen LogP contribution in [-0.4, -0.2) is 10.5 Å². The van der Waals surface area contributed by atoms with Crippen molar-refractivity contribution in [3.8, 4) is 5.69 Å². The van der Waals surface area contributed by atoms with Gasteiger partial charge >= 0.3 is 4.87 Å². The molecule has 0 unspecified atom stereocenters. The molecule has 1 aliphatic rings. The Morgan fingerprint density at radius 2 is 1.75 bits per heavy atom. The molecule has 3 aromatic rings. The number of para-hydroxylation sites is 2. The van der Waals surface area contributed by atoms with Crippen LogP contribution in [0, 0.1) is 0 Å². The average Bonchev–Trinajstić information content (AvgIpc) is 3.04. The normalized spacial score (nSPS) is 13.1. The lowest BCUT2D eigenvalue weighted by molar-refractivity contribution is -0.112. The summed E-state index contributed by atoms with van der Waals surface area (Å²) in [6.07, 6.45) is 0. The van der Waals surface area contributed by atoms with E-state index < -0.39 is 0 Å². The zero-order valence-electron chi connectivity index (χ0n) is 12.1. The fourth-order valence-electron chi connectivity index (χ4n) is 2.66. The average molecular weight is 417 g/mol. The van der Waals surface area contributed by atoms with E-state index in [1.165, 1.54) is 4.57 Å². The van der Waals surface area contributed by atoms with Crippen LogP contribution < -0.4 is 15.4 Å². The van der Waals surface area contributed by atoms with E-state index in [0.717, 1.165) is 21.0 Å². The van der Waals surface area contributed by atoms with Gasteiger partial charge in [-0.15, -0.1) is 12.6 Å². The maximum atomic E-state index is 12.5. The molecule has 2 aromatic carbocycles.